The molecule has 16 heavy (non-hydrogen) atoms. The summed E-state index contributed by atoms with van der Waals surface area (Å²) in [5, 5.41) is 10.7. The highest BCUT2D eigenvalue weighted by Gasteiger charge is 2.20. The van der Waals surface area contributed by atoms with Gasteiger partial charge in [-0.25, -0.2) is 4.79 Å². The van der Waals surface area contributed by atoms with E-state index in [1.165, 1.54) is 6.92 Å². The van der Waals surface area contributed by atoms with Crippen LogP contribution in [0.3, 0.4) is 0 Å². The van der Waals surface area contributed by atoms with Crippen molar-refractivity contribution in [1.82, 2.24) is 9.55 Å². The number of nitrogens with one attached hydrogen (secondary N) is 1. The third-order valence-electron chi connectivity index (χ3n) is 2.26. The maximum atomic E-state index is 11.7. The molecule has 1 aromatic heterocycles. The van der Waals surface area contributed by atoms with Gasteiger partial charge in [0.2, 0.25) is 0 Å². The molecule has 0 aliphatic carbocycles. The lowest BCUT2D eigenvalue weighted by molar-refractivity contribution is -0.387. The first-order valence-corrected chi connectivity index (χ1v) is 4.97. The molecule has 7 heteroatoms. The molecule has 7 nitrogen and oxygen atoms in total. The zero-order valence-electron chi connectivity index (χ0n) is 9.15. The molecular formula is C9H13N3O4. The summed E-state index contributed by atoms with van der Waals surface area (Å²) in [7, 11) is 0. The summed E-state index contributed by atoms with van der Waals surface area (Å²) in [4.78, 5) is 35.3. The highest BCUT2D eigenvalue weighted by molar-refractivity contribution is 5.30. The number of rotatable bonds is 4. The van der Waals surface area contributed by atoms with Crippen LogP contribution in [0.1, 0.15) is 25.5 Å². The van der Waals surface area contributed by atoms with Crippen molar-refractivity contribution in [2.24, 2.45) is 0 Å². The van der Waals surface area contributed by atoms with Crippen LogP contribution in [0.5, 0.6) is 0 Å². The van der Waals surface area contributed by atoms with Crippen LogP contribution in [-0.4, -0.2) is 14.5 Å². The van der Waals surface area contributed by atoms with Crippen molar-refractivity contribution in [3.63, 3.8) is 0 Å². The van der Waals surface area contributed by atoms with Gasteiger partial charge in [0.1, 0.15) is 5.69 Å². The highest BCUT2D eigenvalue weighted by atomic mass is 16.6. The molecule has 0 amide bonds. The lowest BCUT2D eigenvalue weighted by atomic mass is 10.3. The molecule has 0 aliphatic rings. The van der Waals surface area contributed by atoms with Crippen LogP contribution < -0.4 is 11.2 Å². The van der Waals surface area contributed by atoms with E-state index in [9.17, 15) is 19.7 Å². The minimum absolute atomic E-state index is 0.00671. The quantitative estimate of drug-likeness (QED) is 0.599. The number of hydrogen-bond acceptors (Lipinski definition) is 4. The van der Waals surface area contributed by atoms with Crippen molar-refractivity contribution >= 4 is 5.69 Å². The van der Waals surface area contributed by atoms with E-state index in [1.54, 1.807) is 0 Å². The van der Waals surface area contributed by atoms with E-state index in [4.69, 9.17) is 0 Å². The summed E-state index contributed by atoms with van der Waals surface area (Å²) >= 11 is 0. The summed E-state index contributed by atoms with van der Waals surface area (Å²) in [5.74, 6) is 0. The van der Waals surface area contributed by atoms with Crippen LogP contribution in [-0.2, 0) is 6.54 Å². The van der Waals surface area contributed by atoms with Crippen LogP contribution in [0.2, 0.25) is 0 Å². The van der Waals surface area contributed by atoms with E-state index >= 15 is 0 Å². The molecule has 0 atom stereocenters. The first kappa shape index (κ1) is 12.2. The Labute approximate surface area is 90.9 Å². The van der Waals surface area contributed by atoms with Gasteiger partial charge in [-0.05, 0) is 13.3 Å². The van der Waals surface area contributed by atoms with E-state index < -0.39 is 21.9 Å². The predicted octanol–water partition coefficient (Wildman–Crippen LogP) is 0.553. The Morgan fingerprint density at radius 3 is 2.56 bits per heavy atom. The Bertz CT molecular complexity index is 514. The molecule has 0 fully saturated rings. The van der Waals surface area contributed by atoms with Gasteiger partial charge in [0.05, 0.1) is 4.92 Å². The van der Waals surface area contributed by atoms with E-state index in [0.29, 0.717) is 6.42 Å². The number of aromatic amines is 1. The molecule has 0 spiro atoms. The number of nitrogens with zero attached hydrogens (tertiary/aromatic N) is 2. The van der Waals surface area contributed by atoms with Crippen molar-refractivity contribution in [3.05, 3.63) is 36.6 Å². The SMILES string of the molecule is CCCCn1c(=O)[nH]c(C)c([N+](=O)[O-])c1=O. The number of hydrogen-bond donors (Lipinski definition) is 1. The fraction of sp³-hybridized carbons (Fsp3) is 0.556. The molecule has 1 rings (SSSR count). The van der Waals surface area contributed by atoms with Crippen LogP contribution in [0.25, 0.3) is 0 Å². The molecule has 0 saturated carbocycles. The van der Waals surface area contributed by atoms with Gasteiger partial charge >= 0.3 is 16.9 Å². The number of aryl methyl sites for hydroxylation is 1. The Balaban J connectivity index is 3.40. The van der Waals surface area contributed by atoms with Gasteiger partial charge < -0.3 is 4.98 Å². The first-order chi connectivity index (χ1) is 7.49. The average molecular weight is 227 g/mol. The van der Waals surface area contributed by atoms with Gasteiger partial charge in [0.15, 0.2) is 0 Å². The first-order valence-electron chi connectivity index (χ1n) is 4.97. The minimum Gasteiger partial charge on any atom is -0.305 e. The molecule has 1 N–H and O–H groups in total. The summed E-state index contributed by atoms with van der Waals surface area (Å²) in [6, 6.07) is 0. The molecule has 1 heterocycles. The summed E-state index contributed by atoms with van der Waals surface area (Å²) in [6.45, 7) is 3.44. The van der Waals surface area contributed by atoms with Crippen molar-refractivity contribution in [2.45, 2.75) is 33.2 Å². The Kier molecular flexibility index (Phi) is 3.60. The summed E-state index contributed by atoms with van der Waals surface area (Å²) in [5.41, 5.74) is -2.00. The van der Waals surface area contributed by atoms with Crippen molar-refractivity contribution < 1.29 is 4.92 Å². The second kappa shape index (κ2) is 4.73. The van der Waals surface area contributed by atoms with Gasteiger partial charge in [-0.3, -0.25) is 19.5 Å². The van der Waals surface area contributed by atoms with Gasteiger partial charge in [-0.1, -0.05) is 13.3 Å². The number of unbranched alkanes of at least 4 members (excludes halogenated alkanes) is 1. The predicted molar refractivity (Wildman–Crippen MR) is 57.6 cm³/mol. The van der Waals surface area contributed by atoms with Crippen LogP contribution in [0, 0.1) is 17.0 Å². The largest absolute Gasteiger partial charge is 0.353 e. The van der Waals surface area contributed by atoms with E-state index in [0.717, 1.165) is 11.0 Å². The third-order valence-corrected chi connectivity index (χ3v) is 2.26. The Morgan fingerprint density at radius 2 is 2.06 bits per heavy atom. The van der Waals surface area contributed by atoms with Crippen LogP contribution in [0.4, 0.5) is 5.69 Å². The monoisotopic (exact) mass is 227 g/mol. The average Bonchev–Trinajstić information content (AvgIpc) is 2.16. The third kappa shape index (κ3) is 2.18. The van der Waals surface area contributed by atoms with Gasteiger partial charge in [0.25, 0.3) is 0 Å². The fourth-order valence-corrected chi connectivity index (χ4v) is 1.40. The second-order valence-corrected chi connectivity index (χ2v) is 3.47. The van der Waals surface area contributed by atoms with Gasteiger partial charge in [0, 0.05) is 6.54 Å². The smallest absolute Gasteiger partial charge is 0.305 e. The zero-order chi connectivity index (χ0) is 12.3. The lowest BCUT2D eigenvalue weighted by Gasteiger charge is -2.04. The van der Waals surface area contributed by atoms with Crippen molar-refractivity contribution in [3.8, 4) is 0 Å². The number of nitro groups is 1. The van der Waals surface area contributed by atoms with Crippen LogP contribution in [0.15, 0.2) is 9.59 Å². The normalized spacial score (nSPS) is 10.4. The van der Waals surface area contributed by atoms with E-state index in [-0.39, 0.29) is 12.2 Å². The fourth-order valence-electron chi connectivity index (χ4n) is 1.40. The van der Waals surface area contributed by atoms with Crippen molar-refractivity contribution in [1.29, 1.82) is 0 Å². The molecule has 88 valence electrons. The molecule has 1 aromatic rings. The molecule has 0 bridgehead atoms. The van der Waals surface area contributed by atoms with Crippen molar-refractivity contribution in [2.75, 3.05) is 0 Å². The Morgan fingerprint density at radius 1 is 1.44 bits per heavy atom. The molecular weight excluding hydrogens is 214 g/mol. The Hall–Kier alpha value is -1.92. The molecule has 0 saturated heterocycles. The molecule has 0 radical (unpaired) electrons. The summed E-state index contributed by atoms with van der Waals surface area (Å²) in [6.07, 6.45) is 1.43. The molecule has 0 aliphatic heterocycles. The molecule has 0 aromatic carbocycles. The van der Waals surface area contributed by atoms with Crippen LogP contribution >= 0.6 is 0 Å². The van der Waals surface area contributed by atoms with E-state index in [1.807, 2.05) is 6.92 Å². The van der Waals surface area contributed by atoms with Gasteiger partial charge in [-0.2, -0.15) is 0 Å². The minimum atomic E-state index is -0.834. The number of aromatic nitrogens is 2. The van der Waals surface area contributed by atoms with Gasteiger partial charge in [-0.15, -0.1) is 0 Å². The molecule has 0 unspecified atom stereocenters. The second-order valence-electron chi connectivity index (χ2n) is 3.47. The maximum absolute atomic E-state index is 11.7. The number of H-pyrrole nitrogens is 1. The topological polar surface area (TPSA) is 98.0 Å². The van der Waals surface area contributed by atoms with E-state index in [2.05, 4.69) is 4.98 Å². The highest BCUT2D eigenvalue weighted by Crippen LogP contribution is 2.06. The lowest BCUT2D eigenvalue weighted by Crippen LogP contribution is -2.37. The standard InChI is InChI=1S/C9H13N3O4/c1-3-4-5-11-8(13)7(12(15)16)6(2)10-9(11)14/h3-5H2,1-2H3,(H,10,14). The summed E-state index contributed by atoms with van der Waals surface area (Å²) < 4.78 is 0.870. The maximum Gasteiger partial charge on any atom is 0.353 e. The zero-order valence-corrected chi connectivity index (χ0v) is 9.15.